The van der Waals surface area contributed by atoms with Gasteiger partial charge in [-0.25, -0.2) is 9.18 Å². The molecule has 2 N–H and O–H groups in total. The van der Waals surface area contributed by atoms with Crippen LogP contribution in [0.3, 0.4) is 0 Å². The van der Waals surface area contributed by atoms with E-state index >= 15 is 0 Å². The number of benzene rings is 1. The summed E-state index contributed by atoms with van der Waals surface area (Å²) < 4.78 is 17.7. The van der Waals surface area contributed by atoms with Crippen molar-refractivity contribution in [1.29, 1.82) is 0 Å². The topological polar surface area (TPSA) is 92.7 Å². The van der Waals surface area contributed by atoms with Crippen LogP contribution >= 0.6 is 0 Å². The Morgan fingerprint density at radius 1 is 1.32 bits per heavy atom. The van der Waals surface area contributed by atoms with Crippen LogP contribution in [0.15, 0.2) is 18.2 Å². The van der Waals surface area contributed by atoms with Crippen molar-refractivity contribution in [3.05, 3.63) is 29.6 Å². The van der Waals surface area contributed by atoms with E-state index in [1.54, 1.807) is 0 Å². The summed E-state index contributed by atoms with van der Waals surface area (Å²) in [5, 5.41) is 10.8. The molecule has 102 valence electrons. The molecule has 1 amide bonds. The van der Waals surface area contributed by atoms with Crippen molar-refractivity contribution in [3.63, 3.8) is 0 Å². The number of carbonyl (C=O) groups is 3. The van der Waals surface area contributed by atoms with Crippen molar-refractivity contribution >= 4 is 23.5 Å². The number of nitrogens with one attached hydrogen (secondary N) is 1. The predicted octanol–water partition coefficient (Wildman–Crippen LogP) is 1.42. The van der Waals surface area contributed by atoms with Crippen LogP contribution in [0.1, 0.15) is 23.2 Å². The van der Waals surface area contributed by atoms with Gasteiger partial charge < -0.3 is 15.2 Å². The molecule has 0 saturated heterocycles. The number of esters is 1. The molecule has 0 heterocycles. The van der Waals surface area contributed by atoms with E-state index < -0.39 is 23.7 Å². The molecule has 0 aliphatic rings. The lowest BCUT2D eigenvalue weighted by molar-refractivity contribution is -0.138. The minimum atomic E-state index is -1.09. The summed E-state index contributed by atoms with van der Waals surface area (Å²) in [4.78, 5) is 32.9. The Hall–Kier alpha value is -2.44. The Morgan fingerprint density at radius 2 is 2.00 bits per heavy atom. The minimum Gasteiger partial charge on any atom is -0.481 e. The Labute approximate surface area is 108 Å². The zero-order valence-electron chi connectivity index (χ0n) is 10.1. The monoisotopic (exact) mass is 269 g/mol. The Balaban J connectivity index is 2.77. The van der Waals surface area contributed by atoms with Gasteiger partial charge in [0.05, 0.1) is 19.1 Å². The number of aliphatic carboxylic acids is 1. The van der Waals surface area contributed by atoms with Crippen molar-refractivity contribution in [2.75, 3.05) is 12.4 Å². The number of carboxylic acid groups (broad SMARTS) is 1. The lowest BCUT2D eigenvalue weighted by Crippen LogP contribution is -2.14. The molecule has 0 aliphatic carbocycles. The van der Waals surface area contributed by atoms with Crippen molar-refractivity contribution in [2.24, 2.45) is 0 Å². The fraction of sp³-hybridized carbons (Fsp3) is 0.250. The molecule has 0 unspecified atom stereocenters. The molecule has 0 spiro atoms. The first-order valence-corrected chi connectivity index (χ1v) is 5.33. The fourth-order valence-corrected chi connectivity index (χ4v) is 1.31. The number of hydrogen-bond donors (Lipinski definition) is 2. The standard InChI is InChI=1S/C12H12FNO5/c1-19-12(18)8-6-7(2-3-9(8)13)14-10(15)4-5-11(16)17/h2-3,6H,4-5H2,1H3,(H,14,15)(H,16,17). The summed E-state index contributed by atoms with van der Waals surface area (Å²) >= 11 is 0. The van der Waals surface area contributed by atoms with Gasteiger partial charge in [-0.2, -0.15) is 0 Å². The SMILES string of the molecule is COC(=O)c1cc(NC(=O)CCC(=O)O)ccc1F. The number of ether oxygens (including phenoxy) is 1. The van der Waals surface area contributed by atoms with E-state index in [9.17, 15) is 18.8 Å². The molecule has 0 radical (unpaired) electrons. The second kappa shape index (κ2) is 6.48. The van der Waals surface area contributed by atoms with Crippen LogP contribution in [0.4, 0.5) is 10.1 Å². The molecule has 0 atom stereocenters. The molecule has 6 nitrogen and oxygen atoms in total. The van der Waals surface area contributed by atoms with E-state index in [0.29, 0.717) is 0 Å². The normalized spacial score (nSPS) is 9.79. The third-order valence-electron chi connectivity index (χ3n) is 2.22. The first-order valence-electron chi connectivity index (χ1n) is 5.33. The van der Waals surface area contributed by atoms with Gasteiger partial charge in [0.15, 0.2) is 0 Å². The van der Waals surface area contributed by atoms with Gasteiger partial charge in [-0.3, -0.25) is 9.59 Å². The second-order valence-electron chi connectivity index (χ2n) is 3.63. The van der Waals surface area contributed by atoms with Gasteiger partial charge in [0.25, 0.3) is 0 Å². The predicted molar refractivity (Wildman–Crippen MR) is 63.2 cm³/mol. The van der Waals surface area contributed by atoms with Crippen molar-refractivity contribution in [1.82, 2.24) is 0 Å². The number of halogens is 1. The van der Waals surface area contributed by atoms with Crippen molar-refractivity contribution < 1.29 is 28.6 Å². The maximum Gasteiger partial charge on any atom is 0.340 e. The molecule has 1 aromatic carbocycles. The second-order valence-corrected chi connectivity index (χ2v) is 3.63. The van der Waals surface area contributed by atoms with Crippen LogP contribution in [0.25, 0.3) is 0 Å². The maximum absolute atomic E-state index is 13.3. The van der Waals surface area contributed by atoms with Crippen molar-refractivity contribution in [3.8, 4) is 0 Å². The lowest BCUT2D eigenvalue weighted by atomic mass is 10.2. The minimum absolute atomic E-state index is 0.192. The molecule has 19 heavy (non-hydrogen) atoms. The zero-order valence-corrected chi connectivity index (χ0v) is 10.1. The highest BCUT2D eigenvalue weighted by Gasteiger charge is 2.14. The number of carboxylic acids is 1. The number of carbonyl (C=O) groups excluding carboxylic acids is 2. The lowest BCUT2D eigenvalue weighted by Gasteiger charge is -2.07. The first kappa shape index (κ1) is 14.6. The van der Waals surface area contributed by atoms with Gasteiger partial charge in [0.1, 0.15) is 5.82 Å². The quantitative estimate of drug-likeness (QED) is 0.788. The molecular weight excluding hydrogens is 257 g/mol. The van der Waals surface area contributed by atoms with Crippen LogP contribution in [0.5, 0.6) is 0 Å². The third-order valence-corrected chi connectivity index (χ3v) is 2.22. The number of anilines is 1. The Bertz CT molecular complexity index is 515. The molecule has 0 saturated carbocycles. The van der Waals surface area contributed by atoms with Crippen LogP contribution < -0.4 is 5.32 Å². The van der Waals surface area contributed by atoms with E-state index in [-0.39, 0.29) is 24.1 Å². The van der Waals surface area contributed by atoms with Gasteiger partial charge in [-0.05, 0) is 18.2 Å². The van der Waals surface area contributed by atoms with Gasteiger partial charge in [-0.1, -0.05) is 0 Å². The first-order chi connectivity index (χ1) is 8.93. The van der Waals surface area contributed by atoms with Crippen LogP contribution in [0.2, 0.25) is 0 Å². The molecular formula is C12H12FNO5. The van der Waals surface area contributed by atoms with Gasteiger partial charge >= 0.3 is 11.9 Å². The number of rotatable bonds is 5. The summed E-state index contributed by atoms with van der Waals surface area (Å²) in [6, 6.07) is 3.40. The van der Waals surface area contributed by atoms with E-state index in [1.807, 2.05) is 0 Å². The summed E-state index contributed by atoms with van der Waals surface area (Å²) in [5.41, 5.74) is -0.115. The van der Waals surface area contributed by atoms with Crippen molar-refractivity contribution in [2.45, 2.75) is 12.8 Å². The van der Waals surface area contributed by atoms with Gasteiger partial charge in [0, 0.05) is 12.1 Å². The van der Waals surface area contributed by atoms with Crippen LogP contribution in [-0.4, -0.2) is 30.1 Å². The molecule has 1 rings (SSSR count). The number of amides is 1. The molecule has 7 heteroatoms. The van der Waals surface area contributed by atoms with Gasteiger partial charge in [0.2, 0.25) is 5.91 Å². The number of hydrogen-bond acceptors (Lipinski definition) is 4. The fourth-order valence-electron chi connectivity index (χ4n) is 1.31. The summed E-state index contributed by atoms with van der Waals surface area (Å²) in [6.07, 6.45) is -0.517. The zero-order chi connectivity index (χ0) is 14.4. The smallest absolute Gasteiger partial charge is 0.340 e. The summed E-state index contributed by atoms with van der Waals surface area (Å²) in [5.74, 6) is -3.26. The highest BCUT2D eigenvalue weighted by atomic mass is 19.1. The summed E-state index contributed by atoms with van der Waals surface area (Å²) in [6.45, 7) is 0. The average molecular weight is 269 g/mol. The van der Waals surface area contributed by atoms with Crippen LogP contribution in [-0.2, 0) is 14.3 Å². The summed E-state index contributed by atoms with van der Waals surface area (Å²) in [7, 11) is 1.11. The third kappa shape index (κ3) is 4.38. The largest absolute Gasteiger partial charge is 0.481 e. The van der Waals surface area contributed by atoms with E-state index in [2.05, 4.69) is 10.1 Å². The maximum atomic E-state index is 13.3. The Morgan fingerprint density at radius 3 is 2.58 bits per heavy atom. The van der Waals surface area contributed by atoms with E-state index in [4.69, 9.17) is 5.11 Å². The highest BCUT2D eigenvalue weighted by molar-refractivity contribution is 5.95. The van der Waals surface area contributed by atoms with Crippen LogP contribution in [0, 0.1) is 5.82 Å². The molecule has 0 bridgehead atoms. The molecule has 0 aliphatic heterocycles. The average Bonchev–Trinajstić information content (AvgIpc) is 2.37. The van der Waals surface area contributed by atoms with Gasteiger partial charge in [-0.15, -0.1) is 0 Å². The highest BCUT2D eigenvalue weighted by Crippen LogP contribution is 2.16. The Kier molecular flexibility index (Phi) is 4.99. The molecule has 0 aromatic heterocycles. The molecule has 0 fully saturated rings. The van der Waals surface area contributed by atoms with E-state index in [1.165, 1.54) is 6.07 Å². The molecule has 1 aromatic rings. The van der Waals surface area contributed by atoms with E-state index in [0.717, 1.165) is 19.2 Å². The number of methoxy groups -OCH3 is 1.